The van der Waals surface area contributed by atoms with E-state index < -0.39 is 17.3 Å². The summed E-state index contributed by atoms with van der Waals surface area (Å²) in [5, 5.41) is 12.6. The number of hydrogen-bond donors (Lipinski definition) is 1. The molecule has 1 N–H and O–H groups in total. The highest BCUT2D eigenvalue weighted by molar-refractivity contribution is 7.07. The standard InChI is InChI=1S/C24H22FN5O3S/c25-17-4-6-19(7-5-17)30-23(32)21(15-18-3-1-2-8-27-18)34-24(30)20(16-26)22(31)28-9-10-29-11-13-33-14-12-29/h1-8,15H,9-14H2,(H,28,31). The van der Waals surface area contributed by atoms with Crippen molar-refractivity contribution in [1.82, 2.24) is 19.8 Å². The van der Waals surface area contributed by atoms with Gasteiger partial charge in [0.1, 0.15) is 16.5 Å². The fraction of sp³-hybridized carbons (Fsp3) is 0.250. The van der Waals surface area contributed by atoms with Gasteiger partial charge in [-0.15, -0.1) is 11.3 Å². The average Bonchev–Trinajstić information content (AvgIpc) is 3.17. The summed E-state index contributed by atoms with van der Waals surface area (Å²) >= 11 is 1.02. The van der Waals surface area contributed by atoms with E-state index in [2.05, 4.69) is 15.2 Å². The number of hydrogen-bond acceptors (Lipinski definition) is 7. The molecular formula is C24H22FN5O3S. The van der Waals surface area contributed by atoms with Crippen LogP contribution in [0, 0.1) is 17.1 Å². The van der Waals surface area contributed by atoms with Crippen molar-refractivity contribution in [2.45, 2.75) is 0 Å². The minimum atomic E-state index is -0.572. The first-order valence-electron chi connectivity index (χ1n) is 10.7. The van der Waals surface area contributed by atoms with E-state index in [1.807, 2.05) is 6.07 Å². The topological polar surface area (TPSA) is 100 Å². The van der Waals surface area contributed by atoms with Crippen LogP contribution >= 0.6 is 11.3 Å². The lowest BCUT2D eigenvalue weighted by atomic mass is 10.2. The number of nitrogens with zero attached hydrogens (tertiary/aromatic N) is 4. The van der Waals surface area contributed by atoms with E-state index >= 15 is 0 Å². The SMILES string of the molecule is N#CC(C(=O)NCCN1CCOCC1)=c1sc(=Cc2ccccn2)c(=O)n1-c1ccc(F)cc1. The Labute approximate surface area is 198 Å². The van der Waals surface area contributed by atoms with Gasteiger partial charge in [-0.3, -0.25) is 24.0 Å². The Balaban J connectivity index is 1.75. The highest BCUT2D eigenvalue weighted by atomic mass is 32.1. The zero-order chi connectivity index (χ0) is 23.9. The van der Waals surface area contributed by atoms with Gasteiger partial charge >= 0.3 is 0 Å². The summed E-state index contributed by atoms with van der Waals surface area (Å²) in [4.78, 5) is 32.6. The maximum Gasteiger partial charge on any atom is 0.273 e. The maximum atomic E-state index is 13.5. The molecular weight excluding hydrogens is 457 g/mol. The van der Waals surface area contributed by atoms with Crippen LogP contribution in [-0.4, -0.2) is 59.8 Å². The van der Waals surface area contributed by atoms with Gasteiger partial charge in [0.2, 0.25) is 0 Å². The summed E-state index contributed by atoms with van der Waals surface area (Å²) in [6, 6.07) is 12.6. The molecule has 10 heteroatoms. The largest absolute Gasteiger partial charge is 0.379 e. The first-order valence-corrected chi connectivity index (χ1v) is 11.5. The lowest BCUT2D eigenvalue weighted by Gasteiger charge is -2.26. The molecule has 34 heavy (non-hydrogen) atoms. The van der Waals surface area contributed by atoms with Crippen molar-refractivity contribution in [1.29, 1.82) is 5.26 Å². The molecule has 2 aromatic heterocycles. The molecule has 1 aliphatic heterocycles. The number of halogens is 1. The van der Waals surface area contributed by atoms with Gasteiger partial charge in [0.15, 0.2) is 5.57 Å². The van der Waals surface area contributed by atoms with E-state index in [1.165, 1.54) is 28.8 Å². The third-order valence-electron chi connectivity index (χ3n) is 5.25. The molecule has 0 saturated carbocycles. The van der Waals surface area contributed by atoms with E-state index in [9.17, 15) is 19.2 Å². The van der Waals surface area contributed by atoms with Gasteiger partial charge in [0.05, 0.1) is 29.1 Å². The Bertz CT molecular complexity index is 1370. The van der Waals surface area contributed by atoms with Gasteiger partial charge in [0.25, 0.3) is 11.5 Å². The fourth-order valence-electron chi connectivity index (χ4n) is 3.51. The highest BCUT2D eigenvalue weighted by Gasteiger charge is 2.18. The van der Waals surface area contributed by atoms with E-state index in [4.69, 9.17) is 4.74 Å². The second-order valence-corrected chi connectivity index (χ2v) is 8.51. The molecule has 1 aliphatic rings. The zero-order valence-corrected chi connectivity index (χ0v) is 19.1. The van der Waals surface area contributed by atoms with E-state index in [1.54, 1.807) is 30.5 Å². The van der Waals surface area contributed by atoms with Crippen molar-refractivity contribution < 1.29 is 13.9 Å². The van der Waals surface area contributed by atoms with E-state index in [-0.39, 0.29) is 10.2 Å². The Morgan fingerprint density at radius 2 is 2.00 bits per heavy atom. The van der Waals surface area contributed by atoms with Gasteiger partial charge in [0, 0.05) is 32.4 Å². The number of thiazole rings is 1. The number of amides is 1. The number of carbonyl (C=O) groups excluding carboxylic acids is 1. The molecule has 1 fully saturated rings. The van der Waals surface area contributed by atoms with Gasteiger partial charge < -0.3 is 10.1 Å². The molecule has 0 spiro atoms. The zero-order valence-electron chi connectivity index (χ0n) is 18.2. The quantitative estimate of drug-likeness (QED) is 0.549. The Morgan fingerprint density at radius 3 is 2.68 bits per heavy atom. The van der Waals surface area contributed by atoms with Crippen LogP contribution in [0.4, 0.5) is 4.39 Å². The number of pyridine rings is 1. The van der Waals surface area contributed by atoms with Crippen LogP contribution in [0.1, 0.15) is 5.69 Å². The Morgan fingerprint density at radius 1 is 1.24 bits per heavy atom. The summed E-state index contributed by atoms with van der Waals surface area (Å²) in [5.74, 6) is -1.03. The second kappa shape index (κ2) is 11.0. The first-order chi connectivity index (χ1) is 16.6. The van der Waals surface area contributed by atoms with Crippen LogP contribution in [0.5, 0.6) is 0 Å². The summed E-state index contributed by atoms with van der Waals surface area (Å²) in [7, 11) is 0. The molecule has 3 heterocycles. The number of morpholine rings is 1. The third-order valence-corrected chi connectivity index (χ3v) is 6.34. The average molecular weight is 480 g/mol. The van der Waals surface area contributed by atoms with Crippen LogP contribution in [-0.2, 0) is 9.53 Å². The molecule has 3 aromatic rings. The minimum Gasteiger partial charge on any atom is -0.379 e. The van der Waals surface area contributed by atoms with Crippen LogP contribution in [0.3, 0.4) is 0 Å². The van der Waals surface area contributed by atoms with Crippen LogP contribution < -0.4 is 20.1 Å². The molecule has 174 valence electrons. The molecule has 0 unspecified atom stereocenters. The summed E-state index contributed by atoms with van der Waals surface area (Å²) in [6.07, 6.45) is 3.20. The lowest BCUT2D eigenvalue weighted by Crippen LogP contribution is -2.42. The van der Waals surface area contributed by atoms with Crippen molar-refractivity contribution >= 4 is 28.9 Å². The predicted molar refractivity (Wildman–Crippen MR) is 126 cm³/mol. The smallest absolute Gasteiger partial charge is 0.273 e. The van der Waals surface area contributed by atoms with Crippen LogP contribution in [0.15, 0.2) is 53.5 Å². The number of carbonyl (C=O) groups is 1. The summed E-state index contributed by atoms with van der Waals surface area (Å²) < 4.78 is 20.6. The number of ether oxygens (including phenoxy) is 1. The Kier molecular flexibility index (Phi) is 7.59. The predicted octanol–water partition coefficient (Wildman–Crippen LogP) is 0.385. The summed E-state index contributed by atoms with van der Waals surface area (Å²) in [6.45, 7) is 3.85. The van der Waals surface area contributed by atoms with Crippen molar-refractivity contribution in [2.75, 3.05) is 39.4 Å². The molecule has 1 aromatic carbocycles. The van der Waals surface area contributed by atoms with Crippen molar-refractivity contribution in [2.24, 2.45) is 0 Å². The third kappa shape index (κ3) is 5.46. The van der Waals surface area contributed by atoms with Gasteiger partial charge in [-0.25, -0.2) is 4.39 Å². The molecule has 0 radical (unpaired) electrons. The van der Waals surface area contributed by atoms with Gasteiger partial charge in [-0.05, 0) is 42.5 Å². The second-order valence-electron chi connectivity index (χ2n) is 7.48. The molecule has 0 bridgehead atoms. The van der Waals surface area contributed by atoms with E-state index in [0.29, 0.717) is 42.2 Å². The molecule has 8 nitrogen and oxygen atoms in total. The Hall–Kier alpha value is -3.65. The van der Waals surface area contributed by atoms with Crippen molar-refractivity contribution in [3.05, 3.63) is 79.7 Å². The highest BCUT2D eigenvalue weighted by Crippen LogP contribution is 2.06. The van der Waals surface area contributed by atoms with Crippen molar-refractivity contribution in [3.63, 3.8) is 0 Å². The van der Waals surface area contributed by atoms with Gasteiger partial charge in [-0.2, -0.15) is 5.26 Å². The lowest BCUT2D eigenvalue weighted by molar-refractivity contribution is -0.115. The van der Waals surface area contributed by atoms with Crippen molar-refractivity contribution in [3.8, 4) is 11.8 Å². The van der Waals surface area contributed by atoms with Crippen LogP contribution in [0.25, 0.3) is 17.3 Å². The minimum absolute atomic E-state index is 0.171. The van der Waals surface area contributed by atoms with Gasteiger partial charge in [-0.1, -0.05) is 6.07 Å². The number of rotatable bonds is 6. The molecule has 0 atom stereocenters. The monoisotopic (exact) mass is 479 g/mol. The van der Waals surface area contributed by atoms with Crippen LogP contribution in [0.2, 0.25) is 0 Å². The molecule has 1 amide bonds. The maximum absolute atomic E-state index is 13.5. The normalized spacial score (nSPS) is 15.6. The number of aromatic nitrogens is 2. The first kappa shape index (κ1) is 23.5. The molecule has 4 rings (SSSR count). The molecule has 1 saturated heterocycles. The number of nitrogens with one attached hydrogen (secondary N) is 1. The molecule has 0 aliphatic carbocycles. The fourth-order valence-corrected chi connectivity index (χ4v) is 4.59. The number of benzene rings is 1. The summed E-state index contributed by atoms with van der Waals surface area (Å²) in [5.41, 5.74) is 0.305. The number of nitriles is 1. The van der Waals surface area contributed by atoms with E-state index in [0.717, 1.165) is 24.4 Å².